The largest absolute Gasteiger partial charge is 0.497 e. The Kier molecular flexibility index (Phi) is 6.81. The highest BCUT2D eigenvalue weighted by Crippen LogP contribution is 2.16. The summed E-state index contributed by atoms with van der Waals surface area (Å²) < 4.78 is 10.7. The van der Waals surface area contributed by atoms with Crippen LogP contribution in [0.5, 0.6) is 11.5 Å². The Balaban J connectivity index is 1.88. The Bertz CT molecular complexity index is 813. The van der Waals surface area contributed by atoms with Crippen molar-refractivity contribution in [3.8, 4) is 17.6 Å². The lowest BCUT2D eigenvalue weighted by Gasteiger charge is -2.09. The van der Waals surface area contributed by atoms with Gasteiger partial charge >= 0.3 is 0 Å². The summed E-state index contributed by atoms with van der Waals surface area (Å²) in [7, 11) is 1.58. The first kappa shape index (κ1) is 19.1. The SMILES string of the molecule is COc1ccc(/C=C(\C#N)C(=O)NCCOc2cc(C)cc(C)c2)cc1. The van der Waals surface area contributed by atoms with E-state index in [1.807, 2.05) is 32.0 Å². The molecule has 0 spiro atoms. The molecule has 0 aliphatic heterocycles. The van der Waals surface area contributed by atoms with Gasteiger partial charge in [-0.3, -0.25) is 4.79 Å². The van der Waals surface area contributed by atoms with Gasteiger partial charge in [0.15, 0.2) is 0 Å². The molecule has 0 fully saturated rings. The second-order valence-corrected chi connectivity index (χ2v) is 5.87. The number of carbonyl (C=O) groups excluding carboxylic acids is 1. The fraction of sp³-hybridized carbons (Fsp3) is 0.238. The van der Waals surface area contributed by atoms with E-state index in [-0.39, 0.29) is 5.57 Å². The number of aryl methyl sites for hydroxylation is 2. The zero-order valence-corrected chi connectivity index (χ0v) is 15.2. The molecule has 0 aliphatic rings. The molecule has 26 heavy (non-hydrogen) atoms. The van der Waals surface area contributed by atoms with Gasteiger partial charge in [0.05, 0.1) is 13.7 Å². The van der Waals surface area contributed by atoms with Gasteiger partial charge < -0.3 is 14.8 Å². The molecule has 0 unspecified atom stereocenters. The van der Waals surface area contributed by atoms with E-state index in [4.69, 9.17) is 9.47 Å². The van der Waals surface area contributed by atoms with Gasteiger partial charge in [0.25, 0.3) is 5.91 Å². The minimum Gasteiger partial charge on any atom is -0.497 e. The van der Waals surface area contributed by atoms with Crippen LogP contribution in [0.3, 0.4) is 0 Å². The van der Waals surface area contributed by atoms with Gasteiger partial charge in [-0.15, -0.1) is 0 Å². The van der Waals surface area contributed by atoms with Gasteiger partial charge in [0, 0.05) is 0 Å². The summed E-state index contributed by atoms with van der Waals surface area (Å²) in [6, 6.07) is 15.0. The van der Waals surface area contributed by atoms with Crippen LogP contribution < -0.4 is 14.8 Å². The Hall–Kier alpha value is -3.26. The summed E-state index contributed by atoms with van der Waals surface area (Å²) in [6.45, 7) is 4.65. The molecule has 0 atom stereocenters. The maximum absolute atomic E-state index is 12.1. The van der Waals surface area contributed by atoms with E-state index in [2.05, 4.69) is 11.4 Å². The molecule has 0 radical (unpaired) electrons. The fourth-order valence-electron chi connectivity index (χ4n) is 2.46. The molecule has 5 heteroatoms. The second-order valence-electron chi connectivity index (χ2n) is 5.87. The molecular weight excluding hydrogens is 328 g/mol. The van der Waals surface area contributed by atoms with Crippen LogP contribution in [-0.4, -0.2) is 26.2 Å². The number of amides is 1. The average Bonchev–Trinajstić information content (AvgIpc) is 2.62. The Morgan fingerprint density at radius 3 is 2.35 bits per heavy atom. The molecular formula is C21H22N2O3. The molecule has 2 aromatic rings. The minimum absolute atomic E-state index is 0.0431. The summed E-state index contributed by atoms with van der Waals surface area (Å²) in [5.74, 6) is 1.06. The first-order valence-electron chi connectivity index (χ1n) is 8.27. The van der Waals surface area contributed by atoms with Crippen molar-refractivity contribution in [1.29, 1.82) is 5.26 Å². The smallest absolute Gasteiger partial charge is 0.262 e. The van der Waals surface area contributed by atoms with E-state index >= 15 is 0 Å². The number of methoxy groups -OCH3 is 1. The van der Waals surface area contributed by atoms with E-state index < -0.39 is 5.91 Å². The lowest BCUT2D eigenvalue weighted by Crippen LogP contribution is -2.29. The molecule has 5 nitrogen and oxygen atoms in total. The van der Waals surface area contributed by atoms with Crippen LogP contribution in [0.4, 0.5) is 0 Å². The monoisotopic (exact) mass is 350 g/mol. The molecule has 2 rings (SSSR count). The number of nitrogens with zero attached hydrogens (tertiary/aromatic N) is 1. The number of benzene rings is 2. The quantitative estimate of drug-likeness (QED) is 0.472. The molecule has 0 bridgehead atoms. The highest BCUT2D eigenvalue weighted by molar-refractivity contribution is 6.01. The molecule has 0 saturated heterocycles. The maximum atomic E-state index is 12.1. The highest BCUT2D eigenvalue weighted by atomic mass is 16.5. The normalized spacial score (nSPS) is 10.8. The third kappa shape index (κ3) is 5.67. The first-order chi connectivity index (χ1) is 12.5. The molecule has 1 N–H and O–H groups in total. The van der Waals surface area contributed by atoms with E-state index in [9.17, 15) is 10.1 Å². The Labute approximate surface area is 153 Å². The van der Waals surface area contributed by atoms with Crippen molar-refractivity contribution in [3.63, 3.8) is 0 Å². The number of hydrogen-bond acceptors (Lipinski definition) is 4. The second kappa shape index (κ2) is 9.28. The van der Waals surface area contributed by atoms with Crippen molar-refractivity contribution in [3.05, 3.63) is 64.7 Å². The van der Waals surface area contributed by atoms with Crippen LogP contribution in [0.25, 0.3) is 6.08 Å². The summed E-state index contributed by atoms with van der Waals surface area (Å²) in [5, 5.41) is 11.9. The van der Waals surface area contributed by atoms with Crippen molar-refractivity contribution < 1.29 is 14.3 Å². The fourth-order valence-corrected chi connectivity index (χ4v) is 2.46. The highest BCUT2D eigenvalue weighted by Gasteiger charge is 2.08. The van der Waals surface area contributed by atoms with Gasteiger partial charge in [-0.25, -0.2) is 0 Å². The lowest BCUT2D eigenvalue weighted by atomic mass is 10.1. The van der Waals surface area contributed by atoms with Crippen molar-refractivity contribution in [2.75, 3.05) is 20.3 Å². The van der Waals surface area contributed by atoms with Crippen LogP contribution in [-0.2, 0) is 4.79 Å². The molecule has 0 heterocycles. The molecule has 2 aromatic carbocycles. The van der Waals surface area contributed by atoms with Gasteiger partial charge in [-0.1, -0.05) is 18.2 Å². The lowest BCUT2D eigenvalue weighted by molar-refractivity contribution is -0.117. The van der Waals surface area contributed by atoms with Crippen molar-refractivity contribution >= 4 is 12.0 Å². The third-order valence-electron chi connectivity index (χ3n) is 3.64. The number of nitriles is 1. The predicted molar refractivity (Wildman–Crippen MR) is 101 cm³/mol. The van der Waals surface area contributed by atoms with Gasteiger partial charge in [-0.05, 0) is 60.9 Å². The standard InChI is InChI=1S/C21H22N2O3/c1-15-10-16(2)12-20(11-15)26-9-8-23-21(24)18(14-22)13-17-4-6-19(25-3)7-5-17/h4-7,10-13H,8-9H2,1-3H3,(H,23,24)/b18-13+. The zero-order valence-electron chi connectivity index (χ0n) is 15.2. The van der Waals surface area contributed by atoms with E-state index in [1.165, 1.54) is 0 Å². The number of rotatable bonds is 7. The van der Waals surface area contributed by atoms with Gasteiger partial charge in [0.1, 0.15) is 29.7 Å². The van der Waals surface area contributed by atoms with Crippen LogP contribution in [0.2, 0.25) is 0 Å². The van der Waals surface area contributed by atoms with Crippen molar-refractivity contribution in [2.24, 2.45) is 0 Å². The van der Waals surface area contributed by atoms with Crippen LogP contribution in [0.1, 0.15) is 16.7 Å². The molecule has 0 aliphatic carbocycles. The van der Waals surface area contributed by atoms with Crippen LogP contribution in [0.15, 0.2) is 48.0 Å². The molecule has 0 saturated carbocycles. The summed E-state index contributed by atoms with van der Waals surface area (Å²) >= 11 is 0. The van der Waals surface area contributed by atoms with E-state index in [1.54, 1.807) is 37.5 Å². The summed E-state index contributed by atoms with van der Waals surface area (Å²) in [6.07, 6.45) is 1.54. The predicted octanol–water partition coefficient (Wildman–Crippen LogP) is 3.41. The van der Waals surface area contributed by atoms with Gasteiger partial charge in [-0.2, -0.15) is 5.26 Å². The number of hydrogen-bond donors (Lipinski definition) is 1. The van der Waals surface area contributed by atoms with Crippen molar-refractivity contribution in [1.82, 2.24) is 5.32 Å². The maximum Gasteiger partial charge on any atom is 0.262 e. The third-order valence-corrected chi connectivity index (χ3v) is 3.64. The average molecular weight is 350 g/mol. The summed E-state index contributed by atoms with van der Waals surface area (Å²) in [5.41, 5.74) is 3.04. The summed E-state index contributed by atoms with van der Waals surface area (Å²) in [4.78, 5) is 12.1. The molecule has 1 amide bonds. The number of nitrogens with one attached hydrogen (secondary N) is 1. The molecule has 0 aromatic heterocycles. The Morgan fingerprint density at radius 2 is 1.77 bits per heavy atom. The van der Waals surface area contributed by atoms with E-state index in [0.717, 1.165) is 22.4 Å². The topological polar surface area (TPSA) is 71.3 Å². The first-order valence-corrected chi connectivity index (χ1v) is 8.27. The zero-order chi connectivity index (χ0) is 18.9. The molecule has 134 valence electrons. The van der Waals surface area contributed by atoms with Crippen LogP contribution >= 0.6 is 0 Å². The number of ether oxygens (including phenoxy) is 2. The Morgan fingerprint density at radius 1 is 1.12 bits per heavy atom. The van der Waals surface area contributed by atoms with E-state index in [0.29, 0.717) is 18.9 Å². The van der Waals surface area contributed by atoms with Crippen LogP contribution in [0, 0.1) is 25.2 Å². The minimum atomic E-state index is -0.424. The van der Waals surface area contributed by atoms with Crippen molar-refractivity contribution in [2.45, 2.75) is 13.8 Å². The number of carbonyl (C=O) groups is 1. The van der Waals surface area contributed by atoms with Gasteiger partial charge in [0.2, 0.25) is 0 Å².